The Bertz CT molecular complexity index is 992. The maximum Gasteiger partial charge on any atom is 0.246 e. The molecule has 3 fully saturated rings. The van der Waals surface area contributed by atoms with Gasteiger partial charge in [0.25, 0.3) is 0 Å². The molecular formula is C28H37FN2O2. The zero-order chi connectivity index (χ0) is 23.5. The molecule has 0 aromatic heterocycles. The van der Waals surface area contributed by atoms with Crippen LogP contribution in [0.25, 0.3) is 0 Å². The number of likely N-dealkylation sites (N-methyl/N-ethyl adjacent to an activating group) is 1. The molecule has 0 spiro atoms. The van der Waals surface area contributed by atoms with Crippen LogP contribution >= 0.6 is 0 Å². The summed E-state index contributed by atoms with van der Waals surface area (Å²) in [5, 5.41) is 3.14. The topological polar surface area (TPSA) is 49.4 Å². The molecule has 5 heteroatoms. The summed E-state index contributed by atoms with van der Waals surface area (Å²) in [4.78, 5) is 27.7. The van der Waals surface area contributed by atoms with Gasteiger partial charge in [-0.05, 0) is 80.8 Å². The predicted molar refractivity (Wildman–Crippen MR) is 127 cm³/mol. The molecule has 2 amide bonds. The van der Waals surface area contributed by atoms with Crippen molar-refractivity contribution in [3.05, 3.63) is 47.8 Å². The maximum atomic E-state index is 14.2. The number of carbonyl (C=O) groups excluding carboxylic acids is 2. The smallest absolute Gasteiger partial charge is 0.246 e. The molecule has 8 atom stereocenters. The van der Waals surface area contributed by atoms with Crippen LogP contribution in [0.5, 0.6) is 0 Å². The van der Waals surface area contributed by atoms with E-state index in [4.69, 9.17) is 0 Å². The first-order chi connectivity index (χ1) is 15.7. The minimum atomic E-state index is -0.340. The van der Waals surface area contributed by atoms with Crippen LogP contribution < -0.4 is 5.32 Å². The first-order valence-electron chi connectivity index (χ1n) is 12.7. The third-order valence-electron chi connectivity index (χ3n) is 10.2. The first-order valence-corrected chi connectivity index (χ1v) is 12.7. The number of rotatable bonds is 3. The summed E-state index contributed by atoms with van der Waals surface area (Å²) in [6, 6.07) is 6.64. The van der Waals surface area contributed by atoms with Gasteiger partial charge in [-0.25, -0.2) is 4.39 Å². The lowest BCUT2D eigenvalue weighted by molar-refractivity contribution is -0.142. The molecule has 3 aliphatic carbocycles. The summed E-state index contributed by atoms with van der Waals surface area (Å²) in [6.45, 7) is 6.56. The van der Waals surface area contributed by atoms with Gasteiger partial charge in [0.1, 0.15) is 5.82 Å². The van der Waals surface area contributed by atoms with Crippen molar-refractivity contribution in [3.8, 4) is 0 Å². The largest absolute Gasteiger partial charge is 0.349 e. The number of halogens is 1. The number of nitrogens with one attached hydrogen (secondary N) is 1. The van der Waals surface area contributed by atoms with Gasteiger partial charge in [-0.15, -0.1) is 0 Å². The van der Waals surface area contributed by atoms with Gasteiger partial charge in [0.05, 0.1) is 6.04 Å². The molecular weight excluding hydrogens is 415 g/mol. The van der Waals surface area contributed by atoms with E-state index in [1.54, 1.807) is 18.2 Å². The summed E-state index contributed by atoms with van der Waals surface area (Å²) < 4.78 is 14.2. The minimum absolute atomic E-state index is 0.0104. The molecule has 0 saturated heterocycles. The van der Waals surface area contributed by atoms with Gasteiger partial charge in [0.15, 0.2) is 0 Å². The van der Waals surface area contributed by atoms with Crippen molar-refractivity contribution in [1.82, 2.24) is 10.2 Å². The van der Waals surface area contributed by atoms with Crippen LogP contribution in [0.2, 0.25) is 0 Å². The maximum absolute atomic E-state index is 14.2. The Labute approximate surface area is 197 Å². The van der Waals surface area contributed by atoms with E-state index >= 15 is 0 Å². The molecule has 178 valence electrons. The van der Waals surface area contributed by atoms with Crippen molar-refractivity contribution in [2.45, 2.75) is 71.4 Å². The minimum Gasteiger partial charge on any atom is -0.349 e. The van der Waals surface area contributed by atoms with E-state index < -0.39 is 0 Å². The molecule has 1 heterocycles. The number of benzene rings is 1. The highest BCUT2D eigenvalue weighted by Crippen LogP contribution is 2.65. The van der Waals surface area contributed by atoms with Gasteiger partial charge in [0, 0.05) is 30.0 Å². The molecule has 5 rings (SSSR count). The van der Waals surface area contributed by atoms with Crippen LogP contribution in [0.4, 0.5) is 4.39 Å². The highest BCUT2D eigenvalue weighted by atomic mass is 19.1. The molecule has 3 unspecified atom stereocenters. The normalized spacial score (nSPS) is 40.6. The lowest BCUT2D eigenvalue weighted by Gasteiger charge is -2.60. The number of carbonyl (C=O) groups is 2. The van der Waals surface area contributed by atoms with E-state index in [1.165, 1.54) is 6.07 Å². The van der Waals surface area contributed by atoms with Crippen molar-refractivity contribution >= 4 is 11.8 Å². The SMILES string of the molecule is CC(NC(=O)C1CC[C@H]2[C@@H]3CCC4N(C)C(=O)C=C[C@]4(C)[C@@H]3CC[C@]12C)c1ccccc1F. The second-order valence-corrected chi connectivity index (χ2v) is 11.5. The highest BCUT2D eigenvalue weighted by molar-refractivity contribution is 5.89. The van der Waals surface area contributed by atoms with Gasteiger partial charge in [0.2, 0.25) is 11.8 Å². The van der Waals surface area contributed by atoms with E-state index in [0.717, 1.165) is 38.5 Å². The molecule has 3 saturated carbocycles. The molecule has 1 aliphatic heterocycles. The zero-order valence-electron chi connectivity index (χ0n) is 20.3. The second kappa shape index (κ2) is 7.95. The Hall–Kier alpha value is -2.17. The second-order valence-electron chi connectivity index (χ2n) is 11.5. The molecule has 1 aromatic rings. The van der Waals surface area contributed by atoms with Crippen LogP contribution in [-0.2, 0) is 9.59 Å². The summed E-state index contributed by atoms with van der Waals surface area (Å²) in [5.41, 5.74) is 0.555. The Balaban J connectivity index is 1.35. The third kappa shape index (κ3) is 3.37. The molecule has 0 radical (unpaired) electrons. The summed E-state index contributed by atoms with van der Waals surface area (Å²) >= 11 is 0. The van der Waals surface area contributed by atoms with Crippen molar-refractivity contribution in [3.63, 3.8) is 0 Å². The first kappa shape index (κ1) is 22.6. The summed E-state index contributed by atoms with van der Waals surface area (Å²) in [5.74, 6) is 1.60. The van der Waals surface area contributed by atoms with Crippen molar-refractivity contribution < 1.29 is 14.0 Å². The fourth-order valence-electron chi connectivity index (χ4n) is 8.39. The van der Waals surface area contributed by atoms with Gasteiger partial charge in [-0.1, -0.05) is 38.1 Å². The fraction of sp³-hybridized carbons (Fsp3) is 0.643. The molecule has 0 bridgehead atoms. The van der Waals surface area contributed by atoms with Crippen LogP contribution in [0.15, 0.2) is 36.4 Å². The van der Waals surface area contributed by atoms with Crippen molar-refractivity contribution in [1.29, 1.82) is 0 Å². The lowest BCUT2D eigenvalue weighted by Crippen LogP contribution is -2.59. The molecule has 33 heavy (non-hydrogen) atoms. The molecule has 1 N–H and O–H groups in total. The van der Waals surface area contributed by atoms with Gasteiger partial charge in [-0.2, -0.15) is 0 Å². The molecule has 4 aliphatic rings. The average Bonchev–Trinajstić information content (AvgIpc) is 3.14. The van der Waals surface area contributed by atoms with Crippen LogP contribution in [0, 0.1) is 40.3 Å². The third-order valence-corrected chi connectivity index (χ3v) is 10.2. The van der Waals surface area contributed by atoms with Crippen LogP contribution in [-0.4, -0.2) is 29.8 Å². The predicted octanol–water partition coefficient (Wildman–Crippen LogP) is 5.26. The van der Waals surface area contributed by atoms with E-state index in [2.05, 4.69) is 25.2 Å². The van der Waals surface area contributed by atoms with Crippen LogP contribution in [0.3, 0.4) is 0 Å². The highest BCUT2D eigenvalue weighted by Gasteiger charge is 2.61. The number of amides is 2. The average molecular weight is 453 g/mol. The van der Waals surface area contributed by atoms with Gasteiger partial charge < -0.3 is 10.2 Å². The summed E-state index contributed by atoms with van der Waals surface area (Å²) in [7, 11) is 1.95. The Morgan fingerprint density at radius 3 is 2.64 bits per heavy atom. The standard InChI is InChI=1S/C28H37FN2O2/c1-17(18-7-5-6-8-23(18)29)30-26(33)22-11-10-20-19-9-12-24-28(3,16-14-25(32)31(24)4)21(19)13-15-27(20,22)2/h5-8,14,16-17,19-22,24H,9-13,15H2,1-4H3,(H,30,33)/t17?,19-,20-,21+,22?,24?,27-,28+/m0/s1. The monoisotopic (exact) mass is 452 g/mol. The number of hydrogen-bond donors (Lipinski definition) is 1. The lowest BCUT2D eigenvalue weighted by atomic mass is 9.47. The van der Waals surface area contributed by atoms with E-state index in [-0.39, 0.29) is 46.5 Å². The van der Waals surface area contributed by atoms with Crippen molar-refractivity contribution in [2.75, 3.05) is 7.05 Å². The fourth-order valence-corrected chi connectivity index (χ4v) is 8.39. The van der Waals surface area contributed by atoms with E-state index in [9.17, 15) is 14.0 Å². The molecule has 1 aromatic carbocycles. The summed E-state index contributed by atoms with van der Waals surface area (Å²) in [6.07, 6.45) is 10.3. The van der Waals surface area contributed by atoms with E-state index in [0.29, 0.717) is 23.3 Å². The van der Waals surface area contributed by atoms with E-state index in [1.807, 2.05) is 24.9 Å². The quantitative estimate of drug-likeness (QED) is 0.680. The Morgan fingerprint density at radius 2 is 1.88 bits per heavy atom. The number of hydrogen-bond acceptors (Lipinski definition) is 2. The number of nitrogens with zero attached hydrogens (tertiary/aromatic N) is 1. The van der Waals surface area contributed by atoms with Crippen molar-refractivity contribution in [2.24, 2.45) is 34.5 Å². The van der Waals surface area contributed by atoms with Crippen LogP contribution in [0.1, 0.15) is 70.9 Å². The van der Waals surface area contributed by atoms with Gasteiger partial charge in [-0.3, -0.25) is 9.59 Å². The Kier molecular flexibility index (Phi) is 5.45. The number of fused-ring (bicyclic) bond motifs is 5. The zero-order valence-corrected chi connectivity index (χ0v) is 20.3. The molecule has 4 nitrogen and oxygen atoms in total. The van der Waals surface area contributed by atoms with Gasteiger partial charge >= 0.3 is 0 Å². The Morgan fingerprint density at radius 1 is 1.12 bits per heavy atom.